The summed E-state index contributed by atoms with van der Waals surface area (Å²) in [5.74, 6) is 2.04. The molecule has 2 aromatic carbocycles. The number of sulfonamides is 1. The second kappa shape index (κ2) is 9.88. The van der Waals surface area contributed by atoms with Crippen LogP contribution in [0.15, 0.2) is 84.0 Å². The maximum Gasteiger partial charge on any atom is 0.264 e. The molecule has 0 amide bonds. The van der Waals surface area contributed by atoms with Crippen molar-refractivity contribution in [1.29, 1.82) is 0 Å². The van der Waals surface area contributed by atoms with Gasteiger partial charge in [-0.3, -0.25) is 9.29 Å². The van der Waals surface area contributed by atoms with Crippen molar-refractivity contribution >= 4 is 15.7 Å². The molecule has 0 radical (unpaired) electrons. The molecule has 2 aromatic heterocycles. The van der Waals surface area contributed by atoms with Crippen molar-refractivity contribution in [2.24, 2.45) is 0 Å². The molecule has 0 unspecified atom stereocenters. The van der Waals surface area contributed by atoms with Gasteiger partial charge in [0.15, 0.2) is 5.82 Å². The second-order valence-electron chi connectivity index (χ2n) is 7.39. The highest BCUT2D eigenvalue weighted by Gasteiger charge is 2.21. The Bertz CT molecular complexity index is 1360. The molecule has 2 heterocycles. The number of aryl methyl sites for hydroxylation is 1. The minimum Gasteiger partial charge on any atom is -0.494 e. The van der Waals surface area contributed by atoms with Gasteiger partial charge < -0.3 is 9.47 Å². The zero-order chi connectivity index (χ0) is 24.1. The van der Waals surface area contributed by atoms with E-state index < -0.39 is 10.0 Å². The Morgan fingerprint density at radius 3 is 2.29 bits per heavy atom. The van der Waals surface area contributed by atoms with Crippen LogP contribution in [0.25, 0.3) is 11.4 Å². The van der Waals surface area contributed by atoms with Crippen LogP contribution in [0.5, 0.6) is 17.4 Å². The van der Waals surface area contributed by atoms with Crippen molar-refractivity contribution in [2.45, 2.75) is 18.7 Å². The van der Waals surface area contributed by atoms with Gasteiger partial charge >= 0.3 is 0 Å². The van der Waals surface area contributed by atoms with Crippen LogP contribution >= 0.6 is 0 Å². The number of nitrogens with zero attached hydrogens (tertiary/aromatic N) is 4. The molecule has 0 atom stereocenters. The monoisotopic (exact) mass is 476 g/mol. The van der Waals surface area contributed by atoms with Crippen molar-refractivity contribution < 1.29 is 17.9 Å². The van der Waals surface area contributed by atoms with Gasteiger partial charge in [-0.25, -0.2) is 13.4 Å². The third-order valence-corrected chi connectivity index (χ3v) is 6.77. The zero-order valence-electron chi connectivity index (χ0n) is 19.0. The smallest absolute Gasteiger partial charge is 0.264 e. The quantitative estimate of drug-likeness (QED) is 0.358. The van der Waals surface area contributed by atoms with E-state index in [0.717, 1.165) is 11.3 Å². The van der Waals surface area contributed by atoms with Gasteiger partial charge in [0.1, 0.15) is 11.5 Å². The lowest BCUT2D eigenvalue weighted by Crippen LogP contribution is -2.26. The lowest BCUT2D eigenvalue weighted by atomic mass is 10.2. The number of hydrogen-bond donors (Lipinski definition) is 0. The summed E-state index contributed by atoms with van der Waals surface area (Å²) in [4.78, 5) is 13.2. The summed E-state index contributed by atoms with van der Waals surface area (Å²) in [6.07, 6.45) is 3.37. The predicted octanol–water partition coefficient (Wildman–Crippen LogP) is 4.86. The van der Waals surface area contributed by atoms with Crippen LogP contribution < -0.4 is 13.8 Å². The van der Waals surface area contributed by atoms with Gasteiger partial charge in [0, 0.05) is 36.8 Å². The maximum absolute atomic E-state index is 13.0. The van der Waals surface area contributed by atoms with E-state index in [1.807, 2.05) is 26.0 Å². The van der Waals surface area contributed by atoms with E-state index in [4.69, 9.17) is 9.47 Å². The van der Waals surface area contributed by atoms with Crippen molar-refractivity contribution in [3.05, 3.63) is 84.8 Å². The van der Waals surface area contributed by atoms with Crippen LogP contribution in [0, 0.1) is 6.92 Å². The van der Waals surface area contributed by atoms with Gasteiger partial charge in [-0.05, 0) is 74.5 Å². The fourth-order valence-corrected chi connectivity index (χ4v) is 4.43. The van der Waals surface area contributed by atoms with Crippen LogP contribution in [-0.4, -0.2) is 37.0 Å². The third-order valence-electron chi connectivity index (χ3n) is 4.97. The van der Waals surface area contributed by atoms with E-state index in [-0.39, 0.29) is 4.90 Å². The summed E-state index contributed by atoms with van der Waals surface area (Å²) in [5.41, 5.74) is 2.03. The zero-order valence-corrected chi connectivity index (χ0v) is 19.9. The number of rotatable bonds is 8. The van der Waals surface area contributed by atoms with Crippen molar-refractivity contribution in [2.75, 3.05) is 18.0 Å². The summed E-state index contributed by atoms with van der Waals surface area (Å²) >= 11 is 0. The minimum absolute atomic E-state index is 0.179. The SMILES string of the molecule is CCOc1ccc(S(=O)(=O)N(C)c2ccc(Oc3cc(C)nc(-c4cccnc4)n3)cc2)cc1. The molecule has 0 aliphatic carbocycles. The molecule has 9 heteroatoms. The average molecular weight is 477 g/mol. The Morgan fingerprint density at radius 1 is 0.941 bits per heavy atom. The molecule has 0 fully saturated rings. The molecule has 0 saturated carbocycles. The summed E-state index contributed by atoms with van der Waals surface area (Å²) < 4.78 is 38.6. The highest BCUT2D eigenvalue weighted by atomic mass is 32.2. The van der Waals surface area contributed by atoms with E-state index in [1.54, 1.807) is 54.9 Å². The number of ether oxygens (including phenoxy) is 2. The molecule has 0 spiro atoms. The first-order valence-corrected chi connectivity index (χ1v) is 12.1. The predicted molar refractivity (Wildman–Crippen MR) is 130 cm³/mol. The lowest BCUT2D eigenvalue weighted by Gasteiger charge is -2.20. The maximum atomic E-state index is 13.0. The second-order valence-corrected chi connectivity index (χ2v) is 9.36. The van der Waals surface area contributed by atoms with Crippen molar-refractivity contribution in [3.63, 3.8) is 0 Å². The molecular weight excluding hydrogens is 452 g/mol. The lowest BCUT2D eigenvalue weighted by molar-refractivity contribution is 0.340. The molecule has 8 nitrogen and oxygen atoms in total. The molecule has 0 N–H and O–H groups in total. The van der Waals surface area contributed by atoms with Gasteiger partial charge in [0.2, 0.25) is 5.88 Å². The van der Waals surface area contributed by atoms with E-state index >= 15 is 0 Å². The Balaban J connectivity index is 1.51. The Morgan fingerprint density at radius 2 is 1.65 bits per heavy atom. The molecule has 0 saturated heterocycles. The number of benzene rings is 2. The first-order valence-electron chi connectivity index (χ1n) is 10.6. The summed E-state index contributed by atoms with van der Waals surface area (Å²) in [7, 11) is -2.22. The minimum atomic E-state index is -3.73. The standard InChI is InChI=1S/C25H24N4O4S/c1-4-32-21-11-13-23(14-12-21)34(30,31)29(3)20-7-9-22(10-8-20)33-24-16-18(2)27-25(28-24)19-6-5-15-26-17-19/h5-17H,4H2,1-3H3. The summed E-state index contributed by atoms with van der Waals surface area (Å²) in [5, 5.41) is 0. The Kier molecular flexibility index (Phi) is 6.74. The van der Waals surface area contributed by atoms with Crippen LogP contribution in [0.3, 0.4) is 0 Å². The molecule has 4 aromatic rings. The van der Waals surface area contributed by atoms with Crippen molar-refractivity contribution in [1.82, 2.24) is 15.0 Å². The molecular formula is C25H24N4O4S. The third kappa shape index (κ3) is 5.15. The van der Waals surface area contributed by atoms with E-state index in [0.29, 0.717) is 35.5 Å². The highest BCUT2D eigenvalue weighted by molar-refractivity contribution is 7.92. The topological polar surface area (TPSA) is 94.5 Å². The number of hydrogen-bond acceptors (Lipinski definition) is 7. The number of anilines is 1. The van der Waals surface area contributed by atoms with Gasteiger partial charge in [0.25, 0.3) is 10.0 Å². The van der Waals surface area contributed by atoms with Crippen LogP contribution in [0.2, 0.25) is 0 Å². The van der Waals surface area contributed by atoms with Gasteiger partial charge in [-0.15, -0.1) is 0 Å². The van der Waals surface area contributed by atoms with E-state index in [9.17, 15) is 8.42 Å². The first kappa shape index (κ1) is 23.2. The first-order chi connectivity index (χ1) is 16.4. The highest BCUT2D eigenvalue weighted by Crippen LogP contribution is 2.28. The van der Waals surface area contributed by atoms with Gasteiger partial charge in [-0.2, -0.15) is 4.98 Å². The fraction of sp³-hybridized carbons (Fsp3) is 0.160. The van der Waals surface area contributed by atoms with E-state index in [1.165, 1.54) is 23.5 Å². The van der Waals surface area contributed by atoms with E-state index in [2.05, 4.69) is 15.0 Å². The molecule has 34 heavy (non-hydrogen) atoms. The van der Waals surface area contributed by atoms with Crippen LogP contribution in [-0.2, 0) is 10.0 Å². The largest absolute Gasteiger partial charge is 0.494 e. The number of pyridine rings is 1. The molecule has 0 aliphatic heterocycles. The fourth-order valence-electron chi connectivity index (χ4n) is 3.23. The average Bonchev–Trinajstić information content (AvgIpc) is 2.85. The normalized spacial score (nSPS) is 11.1. The molecule has 4 rings (SSSR count). The summed E-state index contributed by atoms with van der Waals surface area (Å²) in [6, 6.07) is 18.5. The Hall–Kier alpha value is -3.98. The Labute approximate surface area is 198 Å². The van der Waals surface area contributed by atoms with Gasteiger partial charge in [0.05, 0.1) is 17.2 Å². The number of aromatic nitrogens is 3. The van der Waals surface area contributed by atoms with Crippen LogP contribution in [0.4, 0.5) is 5.69 Å². The molecule has 174 valence electrons. The molecule has 0 aliphatic rings. The van der Waals surface area contributed by atoms with Crippen LogP contribution in [0.1, 0.15) is 12.6 Å². The van der Waals surface area contributed by atoms with Gasteiger partial charge in [-0.1, -0.05) is 0 Å². The molecule has 0 bridgehead atoms. The summed E-state index contributed by atoms with van der Waals surface area (Å²) in [6.45, 7) is 4.25. The van der Waals surface area contributed by atoms with Crippen molar-refractivity contribution in [3.8, 4) is 28.8 Å².